The molecule has 0 spiro atoms. The standard InChI is InChI=1S/C10H9N3O2/c1-7-8(3-2-4-11-7)15-10-5-9(14)12-6-13-10/h2-6H,1H3,(H,12,13,14). The van der Waals surface area contributed by atoms with Gasteiger partial charge in [-0.25, -0.2) is 4.98 Å². The van der Waals surface area contributed by atoms with Gasteiger partial charge in [-0.1, -0.05) is 0 Å². The average molecular weight is 203 g/mol. The number of aromatic amines is 1. The van der Waals surface area contributed by atoms with E-state index in [1.807, 2.05) is 6.92 Å². The van der Waals surface area contributed by atoms with Gasteiger partial charge in [0, 0.05) is 6.20 Å². The van der Waals surface area contributed by atoms with Gasteiger partial charge in [0.1, 0.15) is 0 Å². The Morgan fingerprint density at radius 2 is 2.27 bits per heavy atom. The van der Waals surface area contributed by atoms with Crippen molar-refractivity contribution in [2.75, 3.05) is 0 Å². The number of hydrogen-bond acceptors (Lipinski definition) is 4. The molecule has 0 atom stereocenters. The van der Waals surface area contributed by atoms with E-state index in [2.05, 4.69) is 15.0 Å². The van der Waals surface area contributed by atoms with E-state index >= 15 is 0 Å². The average Bonchev–Trinajstić information content (AvgIpc) is 2.22. The fraction of sp³-hybridized carbons (Fsp3) is 0.100. The summed E-state index contributed by atoms with van der Waals surface area (Å²) in [6, 6.07) is 4.81. The van der Waals surface area contributed by atoms with Gasteiger partial charge in [0.25, 0.3) is 5.56 Å². The van der Waals surface area contributed by atoms with Crippen molar-refractivity contribution in [1.82, 2.24) is 15.0 Å². The van der Waals surface area contributed by atoms with E-state index < -0.39 is 0 Å². The molecule has 0 aliphatic heterocycles. The van der Waals surface area contributed by atoms with Gasteiger partial charge in [-0.2, -0.15) is 0 Å². The number of nitrogens with one attached hydrogen (secondary N) is 1. The fourth-order valence-corrected chi connectivity index (χ4v) is 1.10. The first-order chi connectivity index (χ1) is 7.25. The summed E-state index contributed by atoms with van der Waals surface area (Å²) < 4.78 is 5.40. The molecule has 1 N–H and O–H groups in total. The maximum atomic E-state index is 11.0. The lowest BCUT2D eigenvalue weighted by atomic mass is 10.3. The fourth-order valence-electron chi connectivity index (χ4n) is 1.10. The Bertz CT molecular complexity index is 522. The minimum absolute atomic E-state index is 0.249. The van der Waals surface area contributed by atoms with Crippen LogP contribution in [0.25, 0.3) is 0 Å². The molecule has 2 aromatic heterocycles. The normalized spacial score (nSPS) is 9.93. The minimum atomic E-state index is -0.249. The second-order valence-corrected chi connectivity index (χ2v) is 2.94. The van der Waals surface area contributed by atoms with E-state index in [9.17, 15) is 4.79 Å². The summed E-state index contributed by atoms with van der Waals surface area (Å²) in [6.45, 7) is 1.82. The summed E-state index contributed by atoms with van der Waals surface area (Å²) in [6.07, 6.45) is 2.97. The predicted octanol–water partition coefficient (Wildman–Crippen LogP) is 1.27. The molecule has 2 aromatic rings. The summed E-state index contributed by atoms with van der Waals surface area (Å²) in [4.78, 5) is 21.3. The zero-order valence-electron chi connectivity index (χ0n) is 8.10. The van der Waals surface area contributed by atoms with Gasteiger partial charge in [0.2, 0.25) is 5.88 Å². The summed E-state index contributed by atoms with van der Waals surface area (Å²) in [7, 11) is 0. The van der Waals surface area contributed by atoms with Crippen LogP contribution in [-0.2, 0) is 0 Å². The number of aromatic nitrogens is 3. The molecule has 2 heterocycles. The highest BCUT2D eigenvalue weighted by Gasteiger charge is 2.02. The molecular weight excluding hydrogens is 194 g/mol. The van der Waals surface area contributed by atoms with Crippen LogP contribution in [0.3, 0.4) is 0 Å². The molecule has 0 aliphatic rings. The first kappa shape index (κ1) is 9.39. The first-order valence-electron chi connectivity index (χ1n) is 4.40. The zero-order valence-corrected chi connectivity index (χ0v) is 8.10. The van der Waals surface area contributed by atoms with Gasteiger partial charge in [-0.15, -0.1) is 0 Å². The third-order valence-corrected chi connectivity index (χ3v) is 1.83. The van der Waals surface area contributed by atoms with Gasteiger partial charge in [-0.3, -0.25) is 9.78 Å². The highest BCUT2D eigenvalue weighted by atomic mass is 16.5. The number of ether oxygens (including phenoxy) is 1. The molecule has 0 amide bonds. The molecule has 0 unspecified atom stereocenters. The highest BCUT2D eigenvalue weighted by Crippen LogP contribution is 2.19. The summed E-state index contributed by atoms with van der Waals surface area (Å²) in [5, 5.41) is 0. The van der Waals surface area contributed by atoms with E-state index in [1.165, 1.54) is 12.4 Å². The molecule has 76 valence electrons. The largest absolute Gasteiger partial charge is 0.437 e. The van der Waals surface area contributed by atoms with Gasteiger partial charge in [-0.05, 0) is 19.1 Å². The Morgan fingerprint density at radius 1 is 1.40 bits per heavy atom. The van der Waals surface area contributed by atoms with Crippen molar-refractivity contribution in [2.24, 2.45) is 0 Å². The molecule has 15 heavy (non-hydrogen) atoms. The number of pyridine rings is 1. The van der Waals surface area contributed by atoms with Crippen LogP contribution in [0.4, 0.5) is 0 Å². The minimum Gasteiger partial charge on any atom is -0.437 e. The van der Waals surface area contributed by atoms with E-state index in [-0.39, 0.29) is 11.4 Å². The molecule has 0 aliphatic carbocycles. The lowest BCUT2D eigenvalue weighted by molar-refractivity contribution is 0.454. The SMILES string of the molecule is Cc1ncccc1Oc1cc(=O)[nH]cn1. The van der Waals surface area contributed by atoms with Crippen molar-refractivity contribution in [2.45, 2.75) is 6.92 Å². The lowest BCUT2D eigenvalue weighted by Gasteiger charge is -2.05. The second-order valence-electron chi connectivity index (χ2n) is 2.94. The van der Waals surface area contributed by atoms with E-state index in [0.29, 0.717) is 5.75 Å². The van der Waals surface area contributed by atoms with Crippen LogP contribution in [0.5, 0.6) is 11.6 Å². The Hall–Kier alpha value is -2.17. The van der Waals surface area contributed by atoms with Gasteiger partial charge in [0.15, 0.2) is 5.75 Å². The van der Waals surface area contributed by atoms with E-state index in [0.717, 1.165) is 5.69 Å². The summed E-state index contributed by atoms with van der Waals surface area (Å²) in [5.41, 5.74) is 0.501. The zero-order chi connectivity index (χ0) is 10.7. The molecule has 0 radical (unpaired) electrons. The lowest BCUT2D eigenvalue weighted by Crippen LogP contribution is -2.04. The molecule has 0 fully saturated rings. The van der Waals surface area contributed by atoms with E-state index in [1.54, 1.807) is 18.3 Å². The Kier molecular flexibility index (Phi) is 2.45. The number of rotatable bonds is 2. The molecular formula is C10H9N3O2. The Morgan fingerprint density at radius 3 is 3.00 bits per heavy atom. The molecule has 0 aromatic carbocycles. The highest BCUT2D eigenvalue weighted by molar-refractivity contribution is 5.29. The van der Waals surface area contributed by atoms with Crippen LogP contribution in [0.1, 0.15) is 5.69 Å². The smallest absolute Gasteiger partial charge is 0.254 e. The summed E-state index contributed by atoms with van der Waals surface area (Å²) in [5.74, 6) is 0.852. The van der Waals surface area contributed by atoms with Gasteiger partial charge < -0.3 is 9.72 Å². The maximum Gasteiger partial charge on any atom is 0.254 e. The summed E-state index contributed by atoms with van der Waals surface area (Å²) >= 11 is 0. The number of hydrogen-bond donors (Lipinski definition) is 1. The van der Waals surface area contributed by atoms with Crippen molar-refractivity contribution >= 4 is 0 Å². The number of aryl methyl sites for hydroxylation is 1. The van der Waals surface area contributed by atoms with Crippen LogP contribution in [0, 0.1) is 6.92 Å². The number of H-pyrrole nitrogens is 1. The second kappa shape index (κ2) is 3.91. The van der Waals surface area contributed by atoms with Crippen LogP contribution < -0.4 is 10.3 Å². The van der Waals surface area contributed by atoms with Crippen molar-refractivity contribution < 1.29 is 4.74 Å². The molecule has 2 rings (SSSR count). The molecule has 0 bridgehead atoms. The predicted molar refractivity (Wildman–Crippen MR) is 53.9 cm³/mol. The molecule has 0 saturated heterocycles. The van der Waals surface area contributed by atoms with Crippen LogP contribution >= 0.6 is 0 Å². The third-order valence-electron chi connectivity index (χ3n) is 1.83. The van der Waals surface area contributed by atoms with Crippen LogP contribution in [-0.4, -0.2) is 15.0 Å². The topological polar surface area (TPSA) is 67.9 Å². The maximum absolute atomic E-state index is 11.0. The first-order valence-corrected chi connectivity index (χ1v) is 4.40. The van der Waals surface area contributed by atoms with Crippen LogP contribution in [0.2, 0.25) is 0 Å². The van der Waals surface area contributed by atoms with Crippen molar-refractivity contribution in [3.63, 3.8) is 0 Å². The number of nitrogens with zero attached hydrogens (tertiary/aromatic N) is 2. The third kappa shape index (κ3) is 2.19. The van der Waals surface area contributed by atoms with Gasteiger partial charge >= 0.3 is 0 Å². The van der Waals surface area contributed by atoms with Crippen molar-refractivity contribution in [3.8, 4) is 11.6 Å². The van der Waals surface area contributed by atoms with Gasteiger partial charge in [0.05, 0.1) is 18.1 Å². The van der Waals surface area contributed by atoms with Crippen molar-refractivity contribution in [3.05, 3.63) is 46.8 Å². The van der Waals surface area contributed by atoms with E-state index in [4.69, 9.17) is 4.74 Å². The quantitative estimate of drug-likeness (QED) is 0.797. The Balaban J connectivity index is 2.30. The molecule has 0 saturated carbocycles. The molecule has 5 heteroatoms. The van der Waals surface area contributed by atoms with Crippen molar-refractivity contribution in [1.29, 1.82) is 0 Å². The molecule has 5 nitrogen and oxygen atoms in total. The monoisotopic (exact) mass is 203 g/mol. The van der Waals surface area contributed by atoms with Crippen LogP contribution in [0.15, 0.2) is 35.5 Å². The Labute approximate surface area is 85.8 Å².